The fourth-order valence-electron chi connectivity index (χ4n) is 5.16. The molecular weight excluding hydrogens is 532 g/mol. The number of ether oxygens (including phenoxy) is 2. The summed E-state index contributed by atoms with van der Waals surface area (Å²) in [5, 5.41) is 21.9. The Morgan fingerprint density at radius 1 is 1.18 bits per heavy atom. The van der Waals surface area contributed by atoms with Gasteiger partial charge in [0.25, 0.3) is 0 Å². The minimum Gasteiger partial charge on any atom is -0.444 e. The maximum atomic E-state index is 13.6. The Kier molecular flexibility index (Phi) is 7.93. The normalized spacial score (nSPS) is 21.1. The number of nitrogens with one attached hydrogen (secondary N) is 1. The molecule has 40 heavy (non-hydrogen) atoms. The summed E-state index contributed by atoms with van der Waals surface area (Å²) in [5.41, 5.74) is 0.368. The fraction of sp³-hybridized carbons (Fsp3) is 0.448. The molecule has 210 valence electrons. The van der Waals surface area contributed by atoms with E-state index in [1.54, 1.807) is 51.1 Å². The summed E-state index contributed by atoms with van der Waals surface area (Å²) >= 11 is 0. The molecule has 3 atom stereocenters. The Morgan fingerprint density at radius 2 is 1.85 bits per heavy atom. The molecule has 0 aliphatic carbocycles. The average molecular weight is 565 g/mol. The Labute approximate surface area is 234 Å². The lowest BCUT2D eigenvalue weighted by Crippen LogP contribution is -2.60. The first-order valence-electron chi connectivity index (χ1n) is 12.9. The molecule has 0 saturated carbocycles. The molecule has 2 amide bonds. The molecule has 2 bridgehead atoms. The number of amides is 2. The Balaban J connectivity index is 1.49. The van der Waals surface area contributed by atoms with Crippen LogP contribution in [0.3, 0.4) is 0 Å². The SMILES string of the molecule is CC(C)(C)OC(=O)N1CC2CC1(C(=O)NC(C#N)Cc1ccc(-c3ccc(C#N)c(S(C)(=O)=O)c3)cc1)CCO2. The molecule has 2 heterocycles. The second kappa shape index (κ2) is 10.9. The molecule has 2 aromatic rings. The van der Waals surface area contributed by atoms with Crippen LogP contribution < -0.4 is 5.32 Å². The number of hydrogen-bond donors (Lipinski definition) is 1. The maximum absolute atomic E-state index is 13.6. The van der Waals surface area contributed by atoms with Crippen molar-refractivity contribution >= 4 is 21.8 Å². The molecular formula is C29H32N4O6S. The number of fused-ring (bicyclic) bond motifs is 2. The van der Waals surface area contributed by atoms with Gasteiger partial charge in [0.15, 0.2) is 9.84 Å². The third-order valence-electron chi connectivity index (χ3n) is 7.06. The summed E-state index contributed by atoms with van der Waals surface area (Å²) in [6, 6.07) is 15.0. The van der Waals surface area contributed by atoms with Gasteiger partial charge in [-0.15, -0.1) is 0 Å². The van der Waals surface area contributed by atoms with E-state index in [2.05, 4.69) is 11.4 Å². The van der Waals surface area contributed by atoms with Gasteiger partial charge in [-0.3, -0.25) is 9.69 Å². The molecule has 2 aliphatic heterocycles. The highest BCUT2D eigenvalue weighted by atomic mass is 32.2. The van der Waals surface area contributed by atoms with Gasteiger partial charge in [-0.25, -0.2) is 13.2 Å². The number of likely N-dealkylation sites (tertiary alicyclic amines) is 1. The average Bonchev–Trinajstić information content (AvgIpc) is 3.17. The number of nitrogens with zero attached hydrogens (tertiary/aromatic N) is 3. The summed E-state index contributed by atoms with van der Waals surface area (Å²) in [6.07, 6.45) is 1.08. The van der Waals surface area contributed by atoms with Crippen molar-refractivity contribution in [2.45, 2.75) is 68.2 Å². The van der Waals surface area contributed by atoms with Crippen LogP contribution in [0.25, 0.3) is 11.1 Å². The lowest BCUT2D eigenvalue weighted by molar-refractivity contribution is -0.135. The minimum atomic E-state index is -3.59. The molecule has 11 heteroatoms. The highest BCUT2D eigenvalue weighted by Crippen LogP contribution is 2.39. The number of rotatable bonds is 6. The van der Waals surface area contributed by atoms with Gasteiger partial charge < -0.3 is 14.8 Å². The number of benzene rings is 2. The van der Waals surface area contributed by atoms with Gasteiger partial charge in [-0.2, -0.15) is 10.5 Å². The molecule has 2 aromatic carbocycles. The largest absolute Gasteiger partial charge is 0.444 e. The highest BCUT2D eigenvalue weighted by molar-refractivity contribution is 7.90. The summed E-state index contributed by atoms with van der Waals surface area (Å²) in [4.78, 5) is 28.0. The summed E-state index contributed by atoms with van der Waals surface area (Å²) < 4.78 is 35.5. The van der Waals surface area contributed by atoms with Gasteiger partial charge in [-0.05, 0) is 49.6 Å². The maximum Gasteiger partial charge on any atom is 0.411 e. The van der Waals surface area contributed by atoms with E-state index in [4.69, 9.17) is 9.47 Å². The summed E-state index contributed by atoms with van der Waals surface area (Å²) in [6.45, 7) is 5.86. The predicted molar refractivity (Wildman–Crippen MR) is 146 cm³/mol. The van der Waals surface area contributed by atoms with Crippen LogP contribution in [0.4, 0.5) is 4.79 Å². The van der Waals surface area contributed by atoms with Crippen molar-refractivity contribution in [2.75, 3.05) is 19.4 Å². The molecule has 2 fully saturated rings. The van der Waals surface area contributed by atoms with Crippen LogP contribution in [0, 0.1) is 22.7 Å². The van der Waals surface area contributed by atoms with Crippen LogP contribution in [0.2, 0.25) is 0 Å². The molecule has 0 spiro atoms. The van der Waals surface area contributed by atoms with Gasteiger partial charge in [0, 0.05) is 32.1 Å². The van der Waals surface area contributed by atoms with Crippen molar-refractivity contribution in [1.82, 2.24) is 10.2 Å². The Morgan fingerprint density at radius 3 is 2.45 bits per heavy atom. The molecule has 3 unspecified atom stereocenters. The van der Waals surface area contributed by atoms with Crippen LogP contribution in [0.15, 0.2) is 47.4 Å². The Hall–Kier alpha value is -3.93. The van der Waals surface area contributed by atoms with E-state index < -0.39 is 39.0 Å². The smallest absolute Gasteiger partial charge is 0.411 e. The van der Waals surface area contributed by atoms with E-state index in [0.717, 1.165) is 17.4 Å². The Bertz CT molecular complexity index is 1500. The van der Waals surface area contributed by atoms with Crippen LogP contribution in [-0.4, -0.2) is 68.0 Å². The topological polar surface area (TPSA) is 150 Å². The van der Waals surface area contributed by atoms with Gasteiger partial charge in [-0.1, -0.05) is 30.3 Å². The van der Waals surface area contributed by atoms with E-state index in [9.17, 15) is 28.5 Å². The first-order valence-corrected chi connectivity index (χ1v) is 14.8. The number of hydrogen-bond acceptors (Lipinski definition) is 8. The number of sulfone groups is 1. The number of carbonyl (C=O) groups excluding carboxylic acids is 2. The van der Waals surface area contributed by atoms with Gasteiger partial charge >= 0.3 is 6.09 Å². The first-order chi connectivity index (χ1) is 18.8. The zero-order valence-corrected chi connectivity index (χ0v) is 23.7. The van der Waals surface area contributed by atoms with Crippen LogP contribution in [0.1, 0.15) is 44.7 Å². The molecule has 0 radical (unpaired) electrons. The van der Waals surface area contributed by atoms with Gasteiger partial charge in [0.1, 0.15) is 23.3 Å². The van der Waals surface area contributed by atoms with Gasteiger partial charge in [0.05, 0.1) is 29.2 Å². The standard InChI is InChI=1S/C29H32N4O6S/c1-28(2,3)39-27(35)33-18-24-15-29(33,11-12-38-24)26(34)32-23(17-31)13-19-5-7-20(8-6-19)21-9-10-22(16-30)25(14-21)40(4,36)37/h5-10,14,23-24H,11-13,15,18H2,1-4H3,(H,32,34). The lowest BCUT2D eigenvalue weighted by atomic mass is 9.88. The predicted octanol–water partition coefficient (Wildman–Crippen LogP) is 3.35. The van der Waals surface area contributed by atoms with E-state index in [0.29, 0.717) is 25.0 Å². The lowest BCUT2D eigenvalue weighted by Gasteiger charge is -2.38. The van der Waals surface area contributed by atoms with E-state index in [1.165, 1.54) is 17.0 Å². The van der Waals surface area contributed by atoms with Crippen LogP contribution in [-0.2, 0) is 30.5 Å². The van der Waals surface area contributed by atoms with Crippen molar-refractivity contribution < 1.29 is 27.5 Å². The number of nitriles is 2. The van der Waals surface area contributed by atoms with Crippen molar-refractivity contribution in [3.8, 4) is 23.3 Å². The third kappa shape index (κ3) is 6.11. The summed E-state index contributed by atoms with van der Waals surface area (Å²) in [5.74, 6) is -0.404. The molecule has 4 rings (SSSR count). The molecule has 2 aliphatic rings. The molecule has 0 aromatic heterocycles. The molecule has 10 nitrogen and oxygen atoms in total. The fourth-order valence-corrected chi connectivity index (χ4v) is 6.01. The van der Waals surface area contributed by atoms with Crippen molar-refractivity contribution in [2.24, 2.45) is 0 Å². The van der Waals surface area contributed by atoms with Crippen LogP contribution >= 0.6 is 0 Å². The second-order valence-corrected chi connectivity index (χ2v) is 13.2. The first kappa shape index (κ1) is 29.1. The van der Waals surface area contributed by atoms with Gasteiger partial charge in [0.2, 0.25) is 5.91 Å². The van der Waals surface area contributed by atoms with E-state index in [1.807, 2.05) is 6.07 Å². The van der Waals surface area contributed by atoms with Crippen molar-refractivity contribution in [3.05, 3.63) is 53.6 Å². The van der Waals surface area contributed by atoms with Crippen molar-refractivity contribution in [1.29, 1.82) is 10.5 Å². The van der Waals surface area contributed by atoms with Crippen LogP contribution in [0.5, 0.6) is 0 Å². The minimum absolute atomic E-state index is 0.0362. The zero-order valence-electron chi connectivity index (χ0n) is 22.9. The zero-order chi connectivity index (χ0) is 29.3. The van der Waals surface area contributed by atoms with E-state index >= 15 is 0 Å². The summed E-state index contributed by atoms with van der Waals surface area (Å²) in [7, 11) is -3.59. The van der Waals surface area contributed by atoms with E-state index in [-0.39, 0.29) is 29.5 Å². The molecule has 2 saturated heterocycles. The monoisotopic (exact) mass is 564 g/mol. The third-order valence-corrected chi connectivity index (χ3v) is 8.20. The van der Waals surface area contributed by atoms with Crippen molar-refractivity contribution in [3.63, 3.8) is 0 Å². The molecule has 1 N–H and O–H groups in total. The highest BCUT2D eigenvalue weighted by Gasteiger charge is 2.57. The second-order valence-electron chi connectivity index (χ2n) is 11.2. The quantitative estimate of drug-likeness (QED) is 0.561. The number of carbonyl (C=O) groups is 2.